The lowest BCUT2D eigenvalue weighted by atomic mass is 9.87. The van der Waals surface area contributed by atoms with Gasteiger partial charge in [0.05, 0.1) is 6.10 Å². The van der Waals surface area contributed by atoms with E-state index in [0.717, 1.165) is 69.5 Å². The van der Waals surface area contributed by atoms with Crippen LogP contribution < -0.4 is 4.90 Å². The average molecular weight is 620 g/mol. The lowest BCUT2D eigenvalue weighted by Crippen LogP contribution is -2.47. The van der Waals surface area contributed by atoms with Gasteiger partial charge in [-0.1, -0.05) is 54.6 Å². The lowest BCUT2D eigenvalue weighted by Gasteiger charge is -2.36. The van der Waals surface area contributed by atoms with Crippen molar-refractivity contribution < 1.29 is 18.3 Å². The molecule has 232 valence electrons. The molecule has 3 aromatic carbocycles. The number of halogens is 3. The van der Waals surface area contributed by atoms with Crippen molar-refractivity contribution in [2.45, 2.75) is 44.6 Å². The first-order valence-electron chi connectivity index (χ1n) is 15.1. The molecule has 0 spiro atoms. The van der Waals surface area contributed by atoms with Crippen LogP contribution in [0.15, 0.2) is 97.2 Å². The molecule has 5 rings (SSSR count). The van der Waals surface area contributed by atoms with E-state index in [1.165, 1.54) is 29.8 Å². The second-order valence-corrected chi connectivity index (χ2v) is 11.2. The number of rotatable bonds is 12. The zero-order valence-corrected chi connectivity index (χ0v) is 25.9. The number of pyridine rings is 1. The summed E-state index contributed by atoms with van der Waals surface area (Å²) in [7, 11) is 0. The summed E-state index contributed by atoms with van der Waals surface area (Å²) in [6, 6.07) is 27.0. The Kier molecular flexibility index (Phi) is 12.3. The maximum atomic E-state index is 13.6. The van der Waals surface area contributed by atoms with Crippen molar-refractivity contribution in [1.82, 2.24) is 9.88 Å². The van der Waals surface area contributed by atoms with E-state index < -0.39 is 0 Å². The van der Waals surface area contributed by atoms with Crippen molar-refractivity contribution in [2.75, 3.05) is 37.6 Å². The molecule has 0 radical (unpaired) electrons. The minimum absolute atomic E-state index is 0. The zero-order chi connectivity index (χ0) is 30.0. The molecular weight excluding hydrogens is 580 g/mol. The normalized spacial score (nSPS) is 14.2. The third-order valence-electron chi connectivity index (χ3n) is 8.18. The van der Waals surface area contributed by atoms with Gasteiger partial charge in [-0.2, -0.15) is 0 Å². The Hall–Kier alpha value is -3.81. The molecular formula is C36H40ClF2N3O2. The summed E-state index contributed by atoms with van der Waals surface area (Å²) in [5, 5.41) is 0. The molecule has 1 aliphatic rings. The Bertz CT molecular complexity index is 1400. The molecule has 0 saturated carbocycles. The van der Waals surface area contributed by atoms with Gasteiger partial charge in [-0.3, -0.25) is 4.90 Å². The predicted octanol–water partition coefficient (Wildman–Crippen LogP) is 7.69. The van der Waals surface area contributed by atoms with Crippen LogP contribution in [-0.2, 0) is 11.2 Å². The third-order valence-corrected chi connectivity index (χ3v) is 8.18. The third kappa shape index (κ3) is 9.10. The minimum atomic E-state index is -0.335. The minimum Gasteiger partial charge on any atom is -0.459 e. The highest BCUT2D eigenvalue weighted by atomic mass is 35.5. The van der Waals surface area contributed by atoms with Gasteiger partial charge in [-0.05, 0) is 92.2 Å². The first kappa shape index (κ1) is 33.1. The lowest BCUT2D eigenvalue weighted by molar-refractivity contribution is 0.0325. The number of carbonyl (C=O) groups is 1. The molecule has 4 aromatic rings. The molecule has 0 N–H and O–H groups in total. The summed E-state index contributed by atoms with van der Waals surface area (Å²) in [5.41, 5.74) is 3.79. The highest BCUT2D eigenvalue weighted by Gasteiger charge is 2.24. The Morgan fingerprint density at radius 1 is 0.818 bits per heavy atom. The van der Waals surface area contributed by atoms with E-state index in [1.54, 1.807) is 18.3 Å². The molecule has 0 amide bonds. The first-order chi connectivity index (χ1) is 21.0. The Balaban J connectivity index is 0.00000442. The molecule has 5 nitrogen and oxygen atoms in total. The maximum Gasteiger partial charge on any atom is 0.342 e. The number of hydrogen-bond donors (Lipinski definition) is 0. The van der Waals surface area contributed by atoms with Gasteiger partial charge in [0.25, 0.3) is 0 Å². The van der Waals surface area contributed by atoms with Crippen molar-refractivity contribution in [2.24, 2.45) is 0 Å². The number of nitrogens with zero attached hydrogens (tertiary/aromatic N) is 3. The van der Waals surface area contributed by atoms with Crippen LogP contribution >= 0.6 is 12.4 Å². The molecule has 1 saturated heterocycles. The van der Waals surface area contributed by atoms with Gasteiger partial charge in [0.1, 0.15) is 23.0 Å². The fourth-order valence-corrected chi connectivity index (χ4v) is 5.75. The van der Waals surface area contributed by atoms with Crippen molar-refractivity contribution in [3.05, 3.63) is 131 Å². The van der Waals surface area contributed by atoms with Crippen LogP contribution in [0.4, 0.5) is 14.6 Å². The van der Waals surface area contributed by atoms with Gasteiger partial charge in [-0.25, -0.2) is 18.6 Å². The fourth-order valence-electron chi connectivity index (χ4n) is 5.75. The smallest absolute Gasteiger partial charge is 0.342 e. The van der Waals surface area contributed by atoms with Crippen LogP contribution in [0.3, 0.4) is 0 Å². The van der Waals surface area contributed by atoms with Gasteiger partial charge in [0, 0.05) is 38.3 Å². The van der Waals surface area contributed by atoms with Crippen molar-refractivity contribution >= 4 is 24.2 Å². The summed E-state index contributed by atoms with van der Waals surface area (Å²) in [4.78, 5) is 22.3. The zero-order valence-electron chi connectivity index (χ0n) is 25.1. The van der Waals surface area contributed by atoms with Crippen molar-refractivity contribution in [3.8, 4) is 0 Å². The quantitative estimate of drug-likeness (QED) is 0.152. The summed E-state index contributed by atoms with van der Waals surface area (Å²) < 4.78 is 33.0. The second-order valence-electron chi connectivity index (χ2n) is 11.2. The fraction of sp³-hybridized carbons (Fsp3) is 0.333. The molecule has 1 aliphatic heterocycles. The maximum absolute atomic E-state index is 13.6. The van der Waals surface area contributed by atoms with E-state index in [-0.39, 0.29) is 42.0 Å². The summed E-state index contributed by atoms with van der Waals surface area (Å²) in [5.74, 6) is -0.115. The molecule has 1 unspecified atom stereocenters. The van der Waals surface area contributed by atoms with Gasteiger partial charge < -0.3 is 9.64 Å². The number of anilines is 1. The van der Waals surface area contributed by atoms with Gasteiger partial charge >= 0.3 is 5.97 Å². The summed E-state index contributed by atoms with van der Waals surface area (Å²) in [6.45, 7) is 6.10. The Morgan fingerprint density at radius 2 is 1.43 bits per heavy atom. The van der Waals surface area contributed by atoms with Crippen LogP contribution in [0, 0.1) is 11.6 Å². The number of aryl methyl sites for hydroxylation is 1. The van der Waals surface area contributed by atoms with Gasteiger partial charge in [0.15, 0.2) is 0 Å². The number of carbonyl (C=O) groups excluding carboxylic acids is 1. The molecule has 1 aromatic heterocycles. The van der Waals surface area contributed by atoms with Crippen LogP contribution in [0.2, 0.25) is 0 Å². The van der Waals surface area contributed by atoms with E-state index in [0.29, 0.717) is 11.4 Å². The molecule has 44 heavy (non-hydrogen) atoms. The van der Waals surface area contributed by atoms with E-state index in [2.05, 4.69) is 26.9 Å². The molecule has 0 aliphatic carbocycles. The number of ether oxygens (including phenoxy) is 1. The molecule has 8 heteroatoms. The van der Waals surface area contributed by atoms with E-state index >= 15 is 0 Å². The van der Waals surface area contributed by atoms with E-state index in [9.17, 15) is 13.6 Å². The predicted molar refractivity (Wildman–Crippen MR) is 174 cm³/mol. The molecule has 1 atom stereocenters. The number of esters is 1. The molecule has 0 bridgehead atoms. The van der Waals surface area contributed by atoms with Gasteiger partial charge in [-0.15, -0.1) is 12.4 Å². The molecule has 1 fully saturated rings. The standard InChI is InChI=1S/C36H39F2N3O2.ClH/c1-27(11-12-28-7-3-2-4-8-28)43-36(42)34-9-5-21-39-35(34)41-25-23-40(24-26-41)22-6-10-33(29-13-17-31(37)18-14-29)30-15-19-32(38)20-16-30;/h2-5,7-9,13-21,27,33H,6,10-12,22-26H2,1H3;1H. The molecule has 2 heterocycles. The largest absolute Gasteiger partial charge is 0.459 e. The van der Waals surface area contributed by atoms with Gasteiger partial charge in [0.2, 0.25) is 0 Å². The summed E-state index contributed by atoms with van der Waals surface area (Å²) in [6.07, 6.45) is 4.95. The van der Waals surface area contributed by atoms with Crippen LogP contribution in [0.25, 0.3) is 0 Å². The van der Waals surface area contributed by atoms with Crippen molar-refractivity contribution in [1.29, 1.82) is 0 Å². The number of benzene rings is 3. The SMILES string of the molecule is CC(CCc1ccccc1)OC(=O)c1cccnc1N1CCN(CCCC(c2ccc(F)cc2)c2ccc(F)cc2)CC1.Cl. The first-order valence-corrected chi connectivity index (χ1v) is 15.1. The van der Waals surface area contributed by atoms with Crippen LogP contribution in [0.5, 0.6) is 0 Å². The topological polar surface area (TPSA) is 45.7 Å². The highest BCUT2D eigenvalue weighted by Crippen LogP contribution is 2.30. The summed E-state index contributed by atoms with van der Waals surface area (Å²) >= 11 is 0. The average Bonchev–Trinajstić information content (AvgIpc) is 3.04. The van der Waals surface area contributed by atoms with E-state index in [1.807, 2.05) is 49.4 Å². The number of hydrogen-bond acceptors (Lipinski definition) is 5. The van der Waals surface area contributed by atoms with E-state index in [4.69, 9.17) is 4.74 Å². The van der Waals surface area contributed by atoms with Crippen LogP contribution in [0.1, 0.15) is 59.2 Å². The second kappa shape index (κ2) is 16.3. The number of aromatic nitrogens is 1. The highest BCUT2D eigenvalue weighted by molar-refractivity contribution is 5.94. The van der Waals surface area contributed by atoms with Crippen LogP contribution in [-0.4, -0.2) is 54.7 Å². The Morgan fingerprint density at radius 3 is 2.05 bits per heavy atom. The van der Waals surface area contributed by atoms with Crippen molar-refractivity contribution in [3.63, 3.8) is 0 Å². The Labute approximate surface area is 265 Å². The number of piperazine rings is 1. The monoisotopic (exact) mass is 619 g/mol.